The van der Waals surface area contributed by atoms with Crippen LogP contribution in [0.4, 0.5) is 0 Å². The van der Waals surface area contributed by atoms with Gasteiger partial charge in [-0.2, -0.15) is 0 Å². The number of hydrogen-bond acceptors (Lipinski definition) is 10. The van der Waals surface area contributed by atoms with E-state index < -0.39 is 67.4 Å². The molecule has 0 aromatic rings. The number of amides is 1. The molecule has 6 N–H and O–H groups in total. The molecule has 1 aliphatic rings. The van der Waals surface area contributed by atoms with Gasteiger partial charge in [0, 0.05) is 6.42 Å². The first-order valence-corrected chi connectivity index (χ1v) is 31.1. The molecule has 8 unspecified atom stereocenters. The standard InChI is InChI=1S/C64H115NO10/c1-4-7-10-13-16-19-22-24-25-26-27-28-29-30-31-32-34-37-39-42-45-48-51-57(68)63(72)65-55(56(67)50-47-44-41-38-36-33-23-20-17-14-11-8-5-2)54-73-64-62(61(71)60(70)58(53-66)74-64)75-59(69)52-49-46-43-40-35-21-18-15-12-9-6-3/h16,19,24-25,27-28,30-31,47,50,55-58,60-62,64,66-68,70-71H,4-15,17-18,20-23,26,29,32-46,48-49,51-54H2,1-3H3,(H,65,72)/b19-16-,25-24-,28-27-,31-30-,50-47+. The fourth-order valence-electron chi connectivity index (χ4n) is 9.46. The number of carbonyl (C=O) groups is 2. The summed E-state index contributed by atoms with van der Waals surface area (Å²) in [5.74, 6) is -1.20. The van der Waals surface area contributed by atoms with E-state index in [1.165, 1.54) is 128 Å². The highest BCUT2D eigenvalue weighted by Gasteiger charge is 2.47. The molecule has 0 aromatic carbocycles. The van der Waals surface area contributed by atoms with E-state index in [1.807, 2.05) is 6.08 Å². The van der Waals surface area contributed by atoms with E-state index in [0.717, 1.165) is 96.3 Å². The summed E-state index contributed by atoms with van der Waals surface area (Å²) in [7, 11) is 0. The van der Waals surface area contributed by atoms with Gasteiger partial charge in [-0.3, -0.25) is 9.59 Å². The van der Waals surface area contributed by atoms with Crippen molar-refractivity contribution < 1.29 is 49.3 Å². The Kier molecular flexibility index (Phi) is 48.9. The number of ether oxygens (including phenoxy) is 3. The zero-order valence-electron chi connectivity index (χ0n) is 48.2. The Balaban J connectivity index is 2.68. The van der Waals surface area contributed by atoms with Crippen molar-refractivity contribution in [3.63, 3.8) is 0 Å². The van der Waals surface area contributed by atoms with Crippen LogP contribution in [0.25, 0.3) is 0 Å². The lowest BCUT2D eigenvalue weighted by atomic mass is 9.99. The van der Waals surface area contributed by atoms with Crippen LogP contribution in [0.1, 0.15) is 271 Å². The average Bonchev–Trinajstić information content (AvgIpc) is 3.41. The molecule has 11 heteroatoms. The molecule has 436 valence electrons. The molecule has 0 saturated carbocycles. The maximum Gasteiger partial charge on any atom is 0.306 e. The van der Waals surface area contributed by atoms with Crippen molar-refractivity contribution in [3.05, 3.63) is 60.8 Å². The quantitative estimate of drug-likeness (QED) is 0.0195. The number of aliphatic hydroxyl groups is 5. The van der Waals surface area contributed by atoms with Crippen LogP contribution in [0.2, 0.25) is 0 Å². The van der Waals surface area contributed by atoms with E-state index in [0.29, 0.717) is 12.8 Å². The molecular formula is C64H115NO10. The van der Waals surface area contributed by atoms with E-state index >= 15 is 0 Å². The first-order valence-electron chi connectivity index (χ1n) is 31.1. The molecule has 0 aromatic heterocycles. The van der Waals surface area contributed by atoms with Crippen molar-refractivity contribution in [2.75, 3.05) is 13.2 Å². The SMILES string of the molecule is CCCCC/C=C\C/C=C\C/C=C\C/C=C\CCCCCCCCC(O)C(=O)NC(COC1OC(CO)C(O)C(O)C1OC(=O)CCCCCCCCCCCCC)C(O)/C=C/CCCCCCCCCCCCC. The normalized spacial score (nSPS) is 19.6. The number of hydrogen-bond donors (Lipinski definition) is 6. The third kappa shape index (κ3) is 40.2. The van der Waals surface area contributed by atoms with Gasteiger partial charge in [0.05, 0.1) is 25.4 Å². The molecule has 0 bridgehead atoms. The second-order valence-corrected chi connectivity index (χ2v) is 21.4. The van der Waals surface area contributed by atoms with Crippen LogP contribution in [0, 0.1) is 0 Å². The monoisotopic (exact) mass is 1060 g/mol. The van der Waals surface area contributed by atoms with E-state index in [-0.39, 0.29) is 19.4 Å². The highest BCUT2D eigenvalue weighted by molar-refractivity contribution is 5.80. The fourth-order valence-corrected chi connectivity index (χ4v) is 9.46. The van der Waals surface area contributed by atoms with Crippen molar-refractivity contribution in [2.24, 2.45) is 0 Å². The summed E-state index contributed by atoms with van der Waals surface area (Å²) >= 11 is 0. The molecule has 0 radical (unpaired) electrons. The molecule has 1 saturated heterocycles. The van der Waals surface area contributed by atoms with Crippen LogP contribution in [0.3, 0.4) is 0 Å². The molecule has 1 heterocycles. The van der Waals surface area contributed by atoms with Gasteiger partial charge < -0.3 is 45.1 Å². The fraction of sp³-hybridized carbons (Fsp3) is 0.812. The lowest BCUT2D eigenvalue weighted by Crippen LogP contribution is -2.61. The number of carbonyl (C=O) groups excluding carboxylic acids is 2. The molecule has 1 amide bonds. The second-order valence-electron chi connectivity index (χ2n) is 21.4. The minimum atomic E-state index is -1.61. The minimum Gasteiger partial charge on any atom is -0.454 e. The van der Waals surface area contributed by atoms with E-state index in [9.17, 15) is 35.1 Å². The average molecular weight is 1060 g/mol. The topological polar surface area (TPSA) is 175 Å². The van der Waals surface area contributed by atoms with E-state index in [4.69, 9.17) is 14.2 Å². The summed E-state index contributed by atoms with van der Waals surface area (Å²) in [5.41, 5.74) is 0. The van der Waals surface area contributed by atoms with Crippen LogP contribution >= 0.6 is 0 Å². The predicted molar refractivity (Wildman–Crippen MR) is 310 cm³/mol. The van der Waals surface area contributed by atoms with Gasteiger partial charge in [0.1, 0.15) is 24.4 Å². The summed E-state index contributed by atoms with van der Waals surface area (Å²) in [4.78, 5) is 26.5. The summed E-state index contributed by atoms with van der Waals surface area (Å²) in [6, 6.07) is -1.03. The zero-order chi connectivity index (χ0) is 54.7. The summed E-state index contributed by atoms with van der Waals surface area (Å²) in [6.45, 7) is 5.75. The lowest BCUT2D eigenvalue weighted by Gasteiger charge is -2.41. The van der Waals surface area contributed by atoms with Crippen molar-refractivity contribution >= 4 is 11.9 Å². The van der Waals surface area contributed by atoms with E-state index in [1.54, 1.807) is 6.08 Å². The number of aliphatic hydroxyl groups excluding tert-OH is 5. The lowest BCUT2D eigenvalue weighted by molar-refractivity contribution is -0.305. The Morgan fingerprint density at radius 2 is 0.920 bits per heavy atom. The van der Waals surface area contributed by atoms with Crippen LogP contribution in [0.15, 0.2) is 60.8 Å². The Hall–Kier alpha value is -2.64. The van der Waals surface area contributed by atoms with Gasteiger partial charge in [-0.15, -0.1) is 0 Å². The van der Waals surface area contributed by atoms with Crippen LogP contribution in [-0.4, -0.2) is 99.6 Å². The van der Waals surface area contributed by atoms with Gasteiger partial charge in [0.2, 0.25) is 5.91 Å². The Bertz CT molecular complexity index is 1450. The van der Waals surface area contributed by atoms with Crippen LogP contribution < -0.4 is 5.32 Å². The number of esters is 1. The van der Waals surface area contributed by atoms with Gasteiger partial charge in [-0.25, -0.2) is 0 Å². The summed E-state index contributed by atoms with van der Waals surface area (Å²) in [6.07, 6.45) is 54.0. The van der Waals surface area contributed by atoms with Gasteiger partial charge in [0.15, 0.2) is 12.4 Å². The van der Waals surface area contributed by atoms with Crippen LogP contribution in [-0.2, 0) is 23.8 Å². The van der Waals surface area contributed by atoms with Gasteiger partial charge in [-0.1, -0.05) is 255 Å². The number of unbranched alkanes of at least 4 members (excludes halogenated alkanes) is 30. The molecule has 1 aliphatic heterocycles. The third-order valence-corrected chi connectivity index (χ3v) is 14.4. The highest BCUT2D eigenvalue weighted by Crippen LogP contribution is 2.26. The third-order valence-electron chi connectivity index (χ3n) is 14.4. The maximum absolute atomic E-state index is 13.4. The van der Waals surface area contributed by atoms with Crippen molar-refractivity contribution in [2.45, 2.75) is 320 Å². The molecule has 0 aliphatic carbocycles. The smallest absolute Gasteiger partial charge is 0.306 e. The zero-order valence-corrected chi connectivity index (χ0v) is 48.2. The Morgan fingerprint density at radius 1 is 0.520 bits per heavy atom. The molecular weight excluding hydrogens is 943 g/mol. The Morgan fingerprint density at radius 3 is 1.40 bits per heavy atom. The molecule has 11 nitrogen and oxygen atoms in total. The second kappa shape index (κ2) is 52.1. The molecule has 8 atom stereocenters. The van der Waals surface area contributed by atoms with Crippen LogP contribution in [0.5, 0.6) is 0 Å². The van der Waals surface area contributed by atoms with Gasteiger partial charge in [0.25, 0.3) is 0 Å². The van der Waals surface area contributed by atoms with E-state index in [2.05, 4.69) is 74.7 Å². The van der Waals surface area contributed by atoms with Crippen molar-refractivity contribution in [3.8, 4) is 0 Å². The summed E-state index contributed by atoms with van der Waals surface area (Å²) < 4.78 is 17.6. The number of allylic oxidation sites excluding steroid dienone is 9. The van der Waals surface area contributed by atoms with Gasteiger partial charge in [-0.05, 0) is 70.6 Å². The number of rotatable bonds is 52. The largest absolute Gasteiger partial charge is 0.454 e. The van der Waals surface area contributed by atoms with Crippen molar-refractivity contribution in [1.82, 2.24) is 5.32 Å². The predicted octanol–water partition coefficient (Wildman–Crippen LogP) is 14.6. The molecule has 1 rings (SSSR count). The molecule has 1 fully saturated rings. The molecule has 75 heavy (non-hydrogen) atoms. The first-order chi connectivity index (χ1) is 36.7. The summed E-state index contributed by atoms with van der Waals surface area (Å²) in [5, 5.41) is 56.9. The van der Waals surface area contributed by atoms with Gasteiger partial charge >= 0.3 is 5.97 Å². The number of nitrogens with one attached hydrogen (secondary N) is 1. The maximum atomic E-state index is 13.4. The minimum absolute atomic E-state index is 0.123. The Labute approximate surface area is 458 Å². The molecule has 0 spiro atoms. The first kappa shape index (κ1) is 70.4. The van der Waals surface area contributed by atoms with Crippen molar-refractivity contribution in [1.29, 1.82) is 0 Å². The highest BCUT2D eigenvalue weighted by atomic mass is 16.7.